The number of aliphatic hydroxyl groups is 2. The topological polar surface area (TPSA) is 124 Å². The van der Waals surface area contributed by atoms with E-state index in [1.807, 2.05) is 42.5 Å². The van der Waals surface area contributed by atoms with Crippen LogP contribution in [-0.4, -0.2) is 51.2 Å². The molecule has 162 valence electrons. The van der Waals surface area contributed by atoms with Crippen LogP contribution in [0.15, 0.2) is 42.5 Å². The summed E-state index contributed by atoms with van der Waals surface area (Å²) in [6.07, 6.45) is 4.67. The van der Waals surface area contributed by atoms with E-state index >= 15 is 0 Å². The van der Waals surface area contributed by atoms with Crippen molar-refractivity contribution in [1.82, 2.24) is 0 Å². The molecule has 7 nitrogen and oxygen atoms in total. The zero-order valence-electron chi connectivity index (χ0n) is 16.5. The van der Waals surface area contributed by atoms with Crippen molar-refractivity contribution in [2.45, 2.75) is 50.7 Å². The second-order valence-corrected chi connectivity index (χ2v) is 9.56. The Kier molecular flexibility index (Phi) is 9.53. The zero-order chi connectivity index (χ0) is 21.3. The molecule has 1 saturated carbocycles. The highest BCUT2D eigenvalue weighted by atomic mass is 31.2. The predicted molar refractivity (Wildman–Crippen MR) is 110 cm³/mol. The van der Waals surface area contributed by atoms with E-state index in [9.17, 15) is 24.5 Å². The number of carbonyl (C=O) groups is 1. The number of carboxylic acids is 1. The predicted octanol–water partition coefficient (Wildman–Crippen LogP) is 2.99. The molecular formula is C21H31O7P. The van der Waals surface area contributed by atoms with Gasteiger partial charge in [-0.15, -0.1) is 0 Å². The third kappa shape index (κ3) is 8.41. The Balaban J connectivity index is 1.82. The third-order valence-electron chi connectivity index (χ3n) is 5.35. The second-order valence-electron chi connectivity index (χ2n) is 7.58. The van der Waals surface area contributed by atoms with E-state index < -0.39 is 31.7 Å². The minimum absolute atomic E-state index is 0.00344. The highest BCUT2D eigenvalue weighted by Gasteiger charge is 2.42. The third-order valence-corrected chi connectivity index (χ3v) is 6.69. The van der Waals surface area contributed by atoms with Crippen LogP contribution >= 0.6 is 7.60 Å². The minimum Gasteiger partial charge on any atom is -0.481 e. The number of benzene rings is 1. The van der Waals surface area contributed by atoms with Crippen molar-refractivity contribution in [2.24, 2.45) is 11.8 Å². The van der Waals surface area contributed by atoms with Crippen LogP contribution in [0, 0.1) is 11.8 Å². The lowest BCUT2D eigenvalue weighted by Crippen LogP contribution is -2.26. The maximum absolute atomic E-state index is 12.4. The highest BCUT2D eigenvalue weighted by Crippen LogP contribution is 2.45. The minimum atomic E-state index is -3.80. The van der Waals surface area contributed by atoms with E-state index in [0.29, 0.717) is 25.7 Å². The van der Waals surface area contributed by atoms with Gasteiger partial charge in [0.1, 0.15) is 0 Å². The largest absolute Gasteiger partial charge is 0.481 e. The summed E-state index contributed by atoms with van der Waals surface area (Å²) in [5.74, 6) is -1.52. The first kappa shape index (κ1) is 23.8. The van der Waals surface area contributed by atoms with Crippen molar-refractivity contribution in [3.05, 3.63) is 48.0 Å². The lowest BCUT2D eigenvalue weighted by atomic mass is 9.91. The first-order chi connectivity index (χ1) is 13.8. The number of carboxylic acid groups (broad SMARTS) is 1. The van der Waals surface area contributed by atoms with Crippen LogP contribution in [0.4, 0.5) is 0 Å². The van der Waals surface area contributed by atoms with E-state index in [-0.39, 0.29) is 31.5 Å². The van der Waals surface area contributed by atoms with Crippen LogP contribution in [0.5, 0.6) is 0 Å². The van der Waals surface area contributed by atoms with Gasteiger partial charge in [0.25, 0.3) is 0 Å². The van der Waals surface area contributed by atoms with Crippen LogP contribution in [0.25, 0.3) is 0 Å². The van der Waals surface area contributed by atoms with Gasteiger partial charge < -0.3 is 24.7 Å². The van der Waals surface area contributed by atoms with E-state index in [1.54, 1.807) is 0 Å². The standard InChI is InChI=1S/C21H31O7P/c22-19-14-20(23)18(17(19)10-6-1-2-7-11-21(24)25)15-28-29(26,27)13-12-16-8-4-3-5-9-16/h1,3-6,8-9,17-20,22-23H,2,7,10-15H2,(H,24,25)(H,26,27)/b6-1-/t17?,18-,19+,20-/m1/s1. The number of aryl methyl sites for hydroxylation is 1. The maximum Gasteiger partial charge on any atom is 0.328 e. The fraction of sp³-hybridized carbons (Fsp3) is 0.571. The molecule has 1 fully saturated rings. The maximum atomic E-state index is 12.4. The first-order valence-electron chi connectivity index (χ1n) is 10.0. The smallest absolute Gasteiger partial charge is 0.328 e. The Morgan fingerprint density at radius 1 is 1.14 bits per heavy atom. The average Bonchev–Trinajstić information content (AvgIpc) is 2.94. The number of hydrogen-bond donors (Lipinski definition) is 4. The Morgan fingerprint density at radius 2 is 1.83 bits per heavy atom. The van der Waals surface area contributed by atoms with Crippen molar-refractivity contribution in [3.63, 3.8) is 0 Å². The summed E-state index contributed by atoms with van der Waals surface area (Å²) in [6.45, 7) is -0.0850. The first-order valence-corrected chi connectivity index (χ1v) is 11.8. The molecule has 2 rings (SSSR count). The molecule has 0 aromatic heterocycles. The summed E-state index contributed by atoms with van der Waals surface area (Å²) in [6, 6.07) is 9.39. The molecule has 8 heteroatoms. The normalized spacial score (nSPS) is 26.6. The van der Waals surface area contributed by atoms with Gasteiger partial charge in [0.2, 0.25) is 0 Å². The van der Waals surface area contributed by atoms with Crippen LogP contribution < -0.4 is 0 Å². The molecule has 0 spiro atoms. The number of hydrogen-bond acceptors (Lipinski definition) is 5. The van der Waals surface area contributed by atoms with Gasteiger partial charge in [0, 0.05) is 12.3 Å². The van der Waals surface area contributed by atoms with Crippen molar-refractivity contribution >= 4 is 13.6 Å². The molecule has 4 N–H and O–H groups in total. The fourth-order valence-electron chi connectivity index (χ4n) is 3.66. The number of allylic oxidation sites excluding steroid dienone is 2. The monoisotopic (exact) mass is 426 g/mol. The molecule has 0 heterocycles. The second kappa shape index (κ2) is 11.6. The molecule has 5 atom stereocenters. The van der Waals surface area contributed by atoms with Crippen molar-refractivity contribution in [3.8, 4) is 0 Å². The van der Waals surface area contributed by atoms with Gasteiger partial charge in [-0.3, -0.25) is 9.36 Å². The summed E-state index contributed by atoms with van der Waals surface area (Å²) in [4.78, 5) is 20.6. The molecule has 1 aliphatic rings. The van der Waals surface area contributed by atoms with Crippen LogP contribution in [-0.2, 0) is 20.3 Å². The van der Waals surface area contributed by atoms with Gasteiger partial charge in [0.15, 0.2) is 0 Å². The molecule has 0 radical (unpaired) electrons. The van der Waals surface area contributed by atoms with E-state index in [1.165, 1.54) is 0 Å². The van der Waals surface area contributed by atoms with Gasteiger partial charge in [-0.05, 0) is 43.6 Å². The van der Waals surface area contributed by atoms with Crippen LogP contribution in [0.1, 0.15) is 37.7 Å². The lowest BCUT2D eigenvalue weighted by molar-refractivity contribution is -0.137. The summed E-state index contributed by atoms with van der Waals surface area (Å²) in [5, 5.41) is 29.1. The number of rotatable bonds is 12. The van der Waals surface area contributed by atoms with Gasteiger partial charge in [-0.2, -0.15) is 0 Å². The van der Waals surface area contributed by atoms with Gasteiger partial charge in [0.05, 0.1) is 25.0 Å². The molecule has 1 aromatic carbocycles. The van der Waals surface area contributed by atoms with Crippen molar-refractivity contribution < 1.29 is 34.1 Å². The molecular weight excluding hydrogens is 395 g/mol. The molecule has 1 aliphatic carbocycles. The van der Waals surface area contributed by atoms with Crippen molar-refractivity contribution in [2.75, 3.05) is 12.8 Å². The summed E-state index contributed by atoms with van der Waals surface area (Å²) in [7, 11) is -3.80. The van der Waals surface area contributed by atoms with E-state index in [0.717, 1.165) is 5.56 Å². The van der Waals surface area contributed by atoms with E-state index in [4.69, 9.17) is 9.63 Å². The Bertz CT molecular complexity index is 706. The highest BCUT2D eigenvalue weighted by molar-refractivity contribution is 7.52. The van der Waals surface area contributed by atoms with Gasteiger partial charge in [-0.1, -0.05) is 42.5 Å². The van der Waals surface area contributed by atoms with Crippen molar-refractivity contribution in [1.29, 1.82) is 0 Å². The number of aliphatic carboxylic acids is 1. The quantitative estimate of drug-likeness (QED) is 0.230. The SMILES string of the molecule is O=C(O)CCC/C=C\CC1[C@@H](COP(=O)(O)CCc2ccccc2)[C@H](O)C[C@@H]1O. The molecule has 0 aliphatic heterocycles. The Morgan fingerprint density at radius 3 is 2.52 bits per heavy atom. The van der Waals surface area contributed by atoms with Gasteiger partial charge in [-0.25, -0.2) is 0 Å². The molecule has 1 aromatic rings. The summed E-state index contributed by atoms with van der Waals surface area (Å²) >= 11 is 0. The molecule has 2 unspecified atom stereocenters. The number of unbranched alkanes of at least 4 members (excludes halogenated alkanes) is 1. The lowest BCUT2D eigenvalue weighted by Gasteiger charge is -2.23. The Hall–Kier alpha value is -1.50. The van der Waals surface area contributed by atoms with Gasteiger partial charge >= 0.3 is 13.6 Å². The van der Waals surface area contributed by atoms with E-state index in [2.05, 4.69) is 0 Å². The summed E-state index contributed by atoms with van der Waals surface area (Å²) in [5.41, 5.74) is 0.951. The van der Waals surface area contributed by atoms with Crippen LogP contribution in [0.3, 0.4) is 0 Å². The van der Waals surface area contributed by atoms with Crippen LogP contribution in [0.2, 0.25) is 0 Å². The molecule has 0 saturated heterocycles. The fourth-order valence-corrected chi connectivity index (χ4v) is 4.73. The Labute approximate surface area is 171 Å². The molecule has 0 amide bonds. The molecule has 0 bridgehead atoms. The zero-order valence-corrected chi connectivity index (χ0v) is 17.4. The number of aliphatic hydroxyl groups excluding tert-OH is 2. The summed E-state index contributed by atoms with van der Waals surface area (Å²) < 4.78 is 17.7. The average molecular weight is 426 g/mol. The molecule has 29 heavy (non-hydrogen) atoms.